The van der Waals surface area contributed by atoms with Crippen molar-refractivity contribution < 1.29 is 14.6 Å². The van der Waals surface area contributed by atoms with Crippen molar-refractivity contribution in [2.75, 3.05) is 19.8 Å². The number of aromatic nitrogens is 2. The molecule has 0 amide bonds. The summed E-state index contributed by atoms with van der Waals surface area (Å²) < 4.78 is 11.3. The number of nitrogens with one attached hydrogen (secondary N) is 1. The second-order valence-corrected chi connectivity index (χ2v) is 5.17. The lowest BCUT2D eigenvalue weighted by molar-refractivity contribution is -0.118. The summed E-state index contributed by atoms with van der Waals surface area (Å²) in [7, 11) is 0. The molecule has 0 aliphatic carbocycles. The van der Waals surface area contributed by atoms with Crippen LogP contribution in [-0.2, 0) is 15.1 Å². The molecular weight excluding hydrogens is 351 g/mol. The van der Waals surface area contributed by atoms with Crippen LogP contribution < -0.4 is 5.56 Å². The molecule has 0 spiro atoms. The summed E-state index contributed by atoms with van der Waals surface area (Å²) in [6.07, 6.45) is 1.23. The van der Waals surface area contributed by atoms with Gasteiger partial charge in [-0.1, -0.05) is 0 Å². The number of nitrogens with zero attached hydrogens (tertiary/aromatic N) is 1. The Bertz CT molecular complexity index is 477. The van der Waals surface area contributed by atoms with E-state index in [1.54, 1.807) is 22.6 Å². The molecule has 0 saturated carbocycles. The smallest absolute Gasteiger partial charge is 0.268 e. The van der Waals surface area contributed by atoms with Crippen LogP contribution in [0.1, 0.15) is 25.6 Å². The van der Waals surface area contributed by atoms with E-state index in [1.165, 1.54) is 0 Å². The van der Waals surface area contributed by atoms with E-state index < -0.39 is 5.60 Å². The van der Waals surface area contributed by atoms with Gasteiger partial charge in [0.2, 0.25) is 5.88 Å². The summed E-state index contributed by atoms with van der Waals surface area (Å²) in [6.45, 7) is 3.51. The van der Waals surface area contributed by atoms with Crippen molar-refractivity contribution in [1.29, 1.82) is 0 Å². The van der Waals surface area contributed by atoms with Gasteiger partial charge in [0.25, 0.3) is 5.56 Å². The maximum Gasteiger partial charge on any atom is 0.268 e. The van der Waals surface area contributed by atoms with E-state index in [0.717, 1.165) is 0 Å². The van der Waals surface area contributed by atoms with Crippen molar-refractivity contribution in [3.05, 3.63) is 19.7 Å². The zero-order valence-corrected chi connectivity index (χ0v) is 12.2. The second-order valence-electron chi connectivity index (χ2n) is 4.09. The molecule has 0 atom stereocenters. The van der Waals surface area contributed by atoms with Gasteiger partial charge in [0.15, 0.2) is 0 Å². The average Bonchev–Trinajstić information content (AvgIpc) is 2.37. The number of halogens is 1. The number of H-pyrrole nitrogens is 1. The molecule has 0 aromatic carbocycles. The van der Waals surface area contributed by atoms with E-state index in [2.05, 4.69) is 9.97 Å². The van der Waals surface area contributed by atoms with Crippen molar-refractivity contribution >= 4 is 22.6 Å². The van der Waals surface area contributed by atoms with E-state index in [9.17, 15) is 9.90 Å². The van der Waals surface area contributed by atoms with Gasteiger partial charge in [-0.25, -0.2) is 0 Å². The number of hydrogen-bond donors (Lipinski definition) is 2. The van der Waals surface area contributed by atoms with E-state index in [0.29, 0.717) is 38.5 Å². The van der Waals surface area contributed by atoms with Crippen LogP contribution in [-0.4, -0.2) is 34.9 Å². The first kappa shape index (κ1) is 13.8. The van der Waals surface area contributed by atoms with Crippen LogP contribution >= 0.6 is 22.6 Å². The molecule has 2 heterocycles. The SMILES string of the molecule is CCOC1(c2nc(O)c(I)c(=O)[nH]2)CCOCC1. The fourth-order valence-corrected chi connectivity index (χ4v) is 2.35. The highest BCUT2D eigenvalue weighted by molar-refractivity contribution is 14.1. The summed E-state index contributed by atoms with van der Waals surface area (Å²) in [5, 5.41) is 9.67. The summed E-state index contributed by atoms with van der Waals surface area (Å²) in [4.78, 5) is 18.5. The number of aromatic hydroxyl groups is 1. The van der Waals surface area contributed by atoms with Crippen LogP contribution in [0, 0.1) is 3.57 Å². The highest BCUT2D eigenvalue weighted by Crippen LogP contribution is 2.34. The predicted molar refractivity (Wildman–Crippen MR) is 72.6 cm³/mol. The molecule has 0 unspecified atom stereocenters. The van der Waals surface area contributed by atoms with Gasteiger partial charge in [-0.2, -0.15) is 4.98 Å². The van der Waals surface area contributed by atoms with E-state index in [1.807, 2.05) is 6.92 Å². The Hall–Kier alpha value is -0.670. The average molecular weight is 366 g/mol. The fraction of sp³-hybridized carbons (Fsp3) is 0.636. The number of ether oxygens (including phenoxy) is 2. The van der Waals surface area contributed by atoms with Crippen molar-refractivity contribution in [2.45, 2.75) is 25.4 Å². The Kier molecular flexibility index (Phi) is 4.23. The largest absolute Gasteiger partial charge is 0.492 e. The van der Waals surface area contributed by atoms with E-state index >= 15 is 0 Å². The number of aromatic amines is 1. The Morgan fingerprint density at radius 1 is 1.56 bits per heavy atom. The molecule has 0 bridgehead atoms. The third-order valence-electron chi connectivity index (χ3n) is 3.00. The molecule has 1 saturated heterocycles. The van der Waals surface area contributed by atoms with Crippen LogP contribution in [0.4, 0.5) is 0 Å². The topological polar surface area (TPSA) is 84.4 Å². The molecular formula is C11H15IN2O4. The second kappa shape index (κ2) is 5.54. The van der Waals surface area contributed by atoms with Crippen LogP contribution in [0.2, 0.25) is 0 Å². The van der Waals surface area contributed by atoms with Gasteiger partial charge in [0.1, 0.15) is 15.0 Å². The zero-order chi connectivity index (χ0) is 13.2. The molecule has 7 heteroatoms. The minimum absolute atomic E-state index is 0.190. The van der Waals surface area contributed by atoms with Crippen molar-refractivity contribution in [1.82, 2.24) is 9.97 Å². The summed E-state index contributed by atoms with van der Waals surface area (Å²) in [5.74, 6) is 0.135. The van der Waals surface area contributed by atoms with Gasteiger partial charge >= 0.3 is 0 Å². The molecule has 1 aliphatic rings. The molecule has 1 fully saturated rings. The molecule has 1 aromatic heterocycles. The summed E-state index contributed by atoms with van der Waals surface area (Å²) in [6, 6.07) is 0. The lowest BCUT2D eigenvalue weighted by atomic mass is 9.93. The Morgan fingerprint density at radius 3 is 2.78 bits per heavy atom. The molecule has 1 aliphatic heterocycles. The van der Waals surface area contributed by atoms with Gasteiger partial charge in [0.05, 0.1) is 0 Å². The molecule has 2 rings (SSSR count). The van der Waals surface area contributed by atoms with Gasteiger partial charge in [0, 0.05) is 32.7 Å². The minimum Gasteiger partial charge on any atom is -0.492 e. The lowest BCUT2D eigenvalue weighted by Gasteiger charge is -2.35. The zero-order valence-electron chi connectivity index (χ0n) is 10.0. The van der Waals surface area contributed by atoms with E-state index in [4.69, 9.17) is 9.47 Å². The maximum atomic E-state index is 11.7. The van der Waals surface area contributed by atoms with Gasteiger partial charge in [-0.3, -0.25) is 4.79 Å². The number of hydrogen-bond acceptors (Lipinski definition) is 5. The monoisotopic (exact) mass is 366 g/mol. The molecule has 2 N–H and O–H groups in total. The first-order chi connectivity index (χ1) is 8.59. The third-order valence-corrected chi connectivity index (χ3v) is 3.97. The fourth-order valence-electron chi connectivity index (χ4n) is 2.09. The van der Waals surface area contributed by atoms with Gasteiger partial charge in [-0.15, -0.1) is 0 Å². The Morgan fingerprint density at radius 2 is 2.22 bits per heavy atom. The molecule has 1 aromatic rings. The molecule has 0 radical (unpaired) electrons. The van der Waals surface area contributed by atoms with Crippen LogP contribution in [0.25, 0.3) is 0 Å². The van der Waals surface area contributed by atoms with Gasteiger partial charge in [-0.05, 0) is 29.5 Å². The van der Waals surface area contributed by atoms with Crippen LogP contribution in [0.5, 0.6) is 5.88 Å². The maximum absolute atomic E-state index is 11.7. The summed E-state index contributed by atoms with van der Waals surface area (Å²) >= 11 is 1.76. The summed E-state index contributed by atoms with van der Waals surface area (Å²) in [5.41, 5.74) is -1.00. The third kappa shape index (κ3) is 2.52. The van der Waals surface area contributed by atoms with Crippen molar-refractivity contribution in [2.24, 2.45) is 0 Å². The molecule has 100 valence electrons. The van der Waals surface area contributed by atoms with Crippen molar-refractivity contribution in [3.63, 3.8) is 0 Å². The molecule has 6 nitrogen and oxygen atoms in total. The molecule has 18 heavy (non-hydrogen) atoms. The number of rotatable bonds is 3. The van der Waals surface area contributed by atoms with Crippen LogP contribution in [0.15, 0.2) is 4.79 Å². The standard InChI is InChI=1S/C11H15IN2O4/c1-2-18-11(3-5-17-6-4-11)10-13-8(15)7(12)9(16)14-10/h2-6H2,1H3,(H2,13,14,15,16). The van der Waals surface area contributed by atoms with Crippen molar-refractivity contribution in [3.8, 4) is 5.88 Å². The normalized spacial score (nSPS) is 18.8. The quantitative estimate of drug-likeness (QED) is 0.784. The Balaban J connectivity index is 2.45. The Labute approximate surface area is 118 Å². The van der Waals surface area contributed by atoms with E-state index in [-0.39, 0.29) is 15.0 Å². The first-order valence-electron chi connectivity index (χ1n) is 5.80. The first-order valence-corrected chi connectivity index (χ1v) is 6.88. The minimum atomic E-state index is -0.659. The van der Waals surface area contributed by atoms with Crippen LogP contribution in [0.3, 0.4) is 0 Å². The highest BCUT2D eigenvalue weighted by atomic mass is 127. The van der Waals surface area contributed by atoms with Gasteiger partial charge < -0.3 is 19.6 Å². The predicted octanol–water partition coefficient (Wildman–Crippen LogP) is 1.12. The highest BCUT2D eigenvalue weighted by Gasteiger charge is 2.38. The lowest BCUT2D eigenvalue weighted by Crippen LogP contribution is -2.39.